The fourth-order valence-corrected chi connectivity index (χ4v) is 3.27. The quantitative estimate of drug-likeness (QED) is 0.721. The molecule has 2 N–H and O–H groups in total. The largest absolute Gasteiger partial charge is 0.480 e. The third kappa shape index (κ3) is 2.99. The molecule has 3 atom stereocenters. The third-order valence-electron chi connectivity index (χ3n) is 4.20. The molecule has 2 aliphatic rings. The van der Waals surface area contributed by atoms with E-state index in [1.807, 2.05) is 0 Å². The Morgan fingerprint density at radius 2 is 1.71 bits per heavy atom. The molecule has 1 heterocycles. The first-order valence-corrected chi connectivity index (χ1v) is 6.87. The maximum atomic E-state index is 11.3. The van der Waals surface area contributed by atoms with Crippen LogP contribution in [0.3, 0.4) is 0 Å². The first-order valence-electron chi connectivity index (χ1n) is 6.87. The zero-order valence-corrected chi connectivity index (χ0v) is 10.3. The Balaban J connectivity index is 2.08. The van der Waals surface area contributed by atoms with Gasteiger partial charge in [-0.15, -0.1) is 0 Å². The molecule has 1 aliphatic carbocycles. The minimum Gasteiger partial charge on any atom is -0.480 e. The van der Waals surface area contributed by atoms with Gasteiger partial charge < -0.3 is 10.2 Å². The zero-order valence-electron chi connectivity index (χ0n) is 10.3. The van der Waals surface area contributed by atoms with Crippen LogP contribution < -0.4 is 0 Å². The van der Waals surface area contributed by atoms with Crippen molar-refractivity contribution >= 4 is 5.97 Å². The summed E-state index contributed by atoms with van der Waals surface area (Å²) in [5, 5.41) is 19.4. The van der Waals surface area contributed by atoms with Crippen LogP contribution in [0, 0.1) is 0 Å². The number of hydrogen-bond donors (Lipinski definition) is 2. The van der Waals surface area contributed by atoms with Crippen LogP contribution in [0.15, 0.2) is 0 Å². The number of aliphatic hydroxyl groups excluding tert-OH is 1. The van der Waals surface area contributed by atoms with Crippen molar-refractivity contribution in [2.24, 2.45) is 0 Å². The SMILES string of the molecule is O=C(O)C1CCCCN1C1CCCCCC1O. The van der Waals surface area contributed by atoms with Crippen molar-refractivity contribution in [2.75, 3.05) is 6.54 Å². The molecule has 1 saturated heterocycles. The van der Waals surface area contributed by atoms with E-state index in [9.17, 15) is 15.0 Å². The second-order valence-electron chi connectivity index (χ2n) is 5.36. The normalized spacial score (nSPS) is 36.4. The second kappa shape index (κ2) is 5.83. The van der Waals surface area contributed by atoms with Gasteiger partial charge in [0.25, 0.3) is 0 Å². The van der Waals surface area contributed by atoms with E-state index in [0.29, 0.717) is 0 Å². The number of nitrogens with zero attached hydrogens (tertiary/aromatic N) is 1. The number of carboxylic acid groups (broad SMARTS) is 1. The molecule has 4 nitrogen and oxygen atoms in total. The van der Waals surface area contributed by atoms with Gasteiger partial charge in [0.1, 0.15) is 6.04 Å². The Morgan fingerprint density at radius 3 is 2.47 bits per heavy atom. The summed E-state index contributed by atoms with van der Waals surface area (Å²) in [6.07, 6.45) is 7.59. The standard InChI is InChI=1S/C13H23NO3/c15-12-8-3-1-2-6-10(12)14-9-5-4-7-11(14)13(16)17/h10-12,15H,1-9H2,(H,16,17). The van der Waals surface area contributed by atoms with Crippen LogP contribution in [-0.4, -0.2) is 45.8 Å². The Kier molecular flexibility index (Phi) is 4.40. The lowest BCUT2D eigenvalue weighted by atomic mass is 9.95. The molecule has 0 aromatic heterocycles. The Hall–Kier alpha value is -0.610. The molecule has 3 unspecified atom stereocenters. The lowest BCUT2D eigenvalue weighted by molar-refractivity contribution is -0.147. The van der Waals surface area contributed by atoms with E-state index >= 15 is 0 Å². The smallest absolute Gasteiger partial charge is 0.320 e. The number of hydrogen-bond acceptors (Lipinski definition) is 3. The molecule has 0 aromatic carbocycles. The maximum Gasteiger partial charge on any atom is 0.320 e. The molecule has 4 heteroatoms. The van der Waals surface area contributed by atoms with Crippen LogP contribution in [0.25, 0.3) is 0 Å². The van der Waals surface area contributed by atoms with Crippen molar-refractivity contribution in [1.29, 1.82) is 0 Å². The van der Waals surface area contributed by atoms with E-state index in [4.69, 9.17) is 0 Å². The lowest BCUT2D eigenvalue weighted by Gasteiger charge is -2.40. The molecule has 17 heavy (non-hydrogen) atoms. The summed E-state index contributed by atoms with van der Waals surface area (Å²) in [4.78, 5) is 13.3. The van der Waals surface area contributed by atoms with Gasteiger partial charge in [-0.1, -0.05) is 25.7 Å². The van der Waals surface area contributed by atoms with Crippen molar-refractivity contribution in [1.82, 2.24) is 4.90 Å². The van der Waals surface area contributed by atoms with E-state index in [0.717, 1.165) is 51.5 Å². The van der Waals surface area contributed by atoms with E-state index in [-0.39, 0.29) is 18.2 Å². The molecule has 0 bridgehead atoms. The van der Waals surface area contributed by atoms with Crippen LogP contribution in [0.4, 0.5) is 0 Å². The van der Waals surface area contributed by atoms with E-state index in [1.165, 1.54) is 6.42 Å². The van der Waals surface area contributed by atoms with Gasteiger partial charge in [0.15, 0.2) is 0 Å². The van der Waals surface area contributed by atoms with E-state index in [2.05, 4.69) is 4.90 Å². The van der Waals surface area contributed by atoms with E-state index in [1.54, 1.807) is 0 Å². The molecule has 2 rings (SSSR count). The average molecular weight is 241 g/mol. The number of carbonyl (C=O) groups is 1. The summed E-state index contributed by atoms with van der Waals surface area (Å²) in [6, 6.07) is -0.305. The number of rotatable bonds is 2. The van der Waals surface area contributed by atoms with Crippen LogP contribution in [0.5, 0.6) is 0 Å². The van der Waals surface area contributed by atoms with Crippen molar-refractivity contribution in [3.63, 3.8) is 0 Å². The van der Waals surface area contributed by atoms with Gasteiger partial charge in [-0.3, -0.25) is 9.69 Å². The summed E-state index contributed by atoms with van der Waals surface area (Å²) in [7, 11) is 0. The molecule has 98 valence electrons. The highest BCUT2D eigenvalue weighted by Crippen LogP contribution is 2.28. The van der Waals surface area contributed by atoms with Gasteiger partial charge in [-0.2, -0.15) is 0 Å². The van der Waals surface area contributed by atoms with Gasteiger partial charge in [0.2, 0.25) is 0 Å². The zero-order chi connectivity index (χ0) is 12.3. The van der Waals surface area contributed by atoms with Gasteiger partial charge in [0.05, 0.1) is 6.10 Å². The van der Waals surface area contributed by atoms with Crippen LogP contribution in [0.2, 0.25) is 0 Å². The summed E-state index contributed by atoms with van der Waals surface area (Å²) in [5.41, 5.74) is 0. The fraction of sp³-hybridized carbons (Fsp3) is 0.923. The molecule has 0 spiro atoms. The molecule has 1 saturated carbocycles. The number of carboxylic acids is 1. The van der Waals surface area contributed by atoms with Crippen LogP contribution in [-0.2, 0) is 4.79 Å². The van der Waals surface area contributed by atoms with Gasteiger partial charge in [-0.05, 0) is 32.2 Å². The van der Waals surface area contributed by atoms with Gasteiger partial charge in [0, 0.05) is 6.04 Å². The number of aliphatic carboxylic acids is 1. The third-order valence-corrected chi connectivity index (χ3v) is 4.20. The van der Waals surface area contributed by atoms with Gasteiger partial charge >= 0.3 is 5.97 Å². The Labute approximate surface area is 103 Å². The maximum absolute atomic E-state index is 11.3. The average Bonchev–Trinajstić information content (AvgIpc) is 2.54. The lowest BCUT2D eigenvalue weighted by Crippen LogP contribution is -2.53. The minimum absolute atomic E-state index is 0.0684. The Morgan fingerprint density at radius 1 is 1.00 bits per heavy atom. The highest BCUT2D eigenvalue weighted by Gasteiger charge is 2.36. The molecule has 0 radical (unpaired) electrons. The van der Waals surface area contributed by atoms with Crippen LogP contribution >= 0.6 is 0 Å². The monoisotopic (exact) mass is 241 g/mol. The minimum atomic E-state index is -0.721. The molecular formula is C13H23NO3. The second-order valence-corrected chi connectivity index (χ2v) is 5.36. The molecule has 1 aliphatic heterocycles. The number of likely N-dealkylation sites (tertiary alicyclic amines) is 1. The Bertz CT molecular complexity index is 269. The molecule has 2 fully saturated rings. The van der Waals surface area contributed by atoms with Crippen molar-refractivity contribution in [3.8, 4) is 0 Å². The van der Waals surface area contributed by atoms with Gasteiger partial charge in [-0.25, -0.2) is 0 Å². The highest BCUT2D eigenvalue weighted by molar-refractivity contribution is 5.73. The first kappa shape index (κ1) is 12.8. The molecule has 0 aromatic rings. The predicted molar refractivity (Wildman–Crippen MR) is 64.9 cm³/mol. The topological polar surface area (TPSA) is 60.8 Å². The molecule has 0 amide bonds. The number of piperidine rings is 1. The summed E-state index contributed by atoms with van der Waals surface area (Å²) in [5.74, 6) is -0.721. The first-order chi connectivity index (χ1) is 8.20. The molecular weight excluding hydrogens is 218 g/mol. The fourth-order valence-electron chi connectivity index (χ4n) is 3.27. The van der Waals surface area contributed by atoms with Crippen molar-refractivity contribution in [2.45, 2.75) is 69.6 Å². The predicted octanol–water partition coefficient (Wildman–Crippen LogP) is 1.62. The summed E-state index contributed by atoms with van der Waals surface area (Å²) in [6.45, 7) is 0.832. The highest BCUT2D eigenvalue weighted by atomic mass is 16.4. The van der Waals surface area contributed by atoms with Crippen molar-refractivity contribution in [3.05, 3.63) is 0 Å². The summed E-state index contributed by atoms with van der Waals surface area (Å²) < 4.78 is 0. The van der Waals surface area contributed by atoms with Crippen molar-refractivity contribution < 1.29 is 15.0 Å². The summed E-state index contributed by atoms with van der Waals surface area (Å²) >= 11 is 0. The number of aliphatic hydroxyl groups is 1. The van der Waals surface area contributed by atoms with Crippen LogP contribution in [0.1, 0.15) is 51.4 Å². The van der Waals surface area contributed by atoms with E-state index < -0.39 is 5.97 Å².